The first-order chi connectivity index (χ1) is 14.6. The lowest BCUT2D eigenvalue weighted by Crippen LogP contribution is -2.32. The predicted molar refractivity (Wildman–Crippen MR) is 106 cm³/mol. The van der Waals surface area contributed by atoms with Crippen molar-refractivity contribution in [2.45, 2.75) is 13.1 Å². The Morgan fingerprint density at radius 1 is 1.20 bits per heavy atom. The Balaban J connectivity index is 1.56. The van der Waals surface area contributed by atoms with E-state index in [1.807, 2.05) is 18.2 Å². The van der Waals surface area contributed by atoms with Crippen molar-refractivity contribution in [3.05, 3.63) is 76.6 Å². The van der Waals surface area contributed by atoms with Crippen LogP contribution in [0.5, 0.6) is 5.75 Å². The Kier molecular flexibility index (Phi) is 5.25. The zero-order valence-corrected chi connectivity index (χ0v) is 16.0. The van der Waals surface area contributed by atoms with Crippen LogP contribution in [-0.2, 0) is 17.9 Å². The quantitative estimate of drug-likeness (QED) is 0.526. The molecule has 0 bridgehead atoms. The fraction of sp³-hybridized carbons (Fsp3) is 0.143. The molecular weight excluding hydrogens is 391 g/mol. The van der Waals surface area contributed by atoms with Crippen molar-refractivity contribution in [2.24, 2.45) is 0 Å². The van der Waals surface area contributed by atoms with Gasteiger partial charge in [0.05, 0.1) is 7.11 Å². The highest BCUT2D eigenvalue weighted by molar-refractivity contribution is 5.88. The number of methoxy groups -OCH3 is 1. The van der Waals surface area contributed by atoms with Crippen LogP contribution in [0.1, 0.15) is 5.56 Å². The number of para-hydroxylation sites is 1. The van der Waals surface area contributed by atoms with E-state index in [4.69, 9.17) is 9.26 Å². The molecule has 8 nitrogen and oxygen atoms in total. The van der Waals surface area contributed by atoms with Gasteiger partial charge in [-0.05, 0) is 30.3 Å². The van der Waals surface area contributed by atoms with Crippen LogP contribution in [0.25, 0.3) is 22.4 Å². The Morgan fingerprint density at radius 3 is 2.73 bits per heavy atom. The molecule has 9 heteroatoms. The van der Waals surface area contributed by atoms with Crippen LogP contribution in [-0.4, -0.2) is 27.7 Å². The van der Waals surface area contributed by atoms with Crippen LogP contribution >= 0.6 is 0 Å². The fourth-order valence-electron chi connectivity index (χ4n) is 3.05. The minimum atomic E-state index is -0.479. The molecule has 0 atom stereocenters. The summed E-state index contributed by atoms with van der Waals surface area (Å²) >= 11 is 0. The van der Waals surface area contributed by atoms with Crippen LogP contribution in [0, 0.1) is 5.82 Å². The molecule has 0 aliphatic carbocycles. The molecule has 0 unspecified atom stereocenters. The summed E-state index contributed by atoms with van der Waals surface area (Å²) < 4.78 is 24.8. The van der Waals surface area contributed by atoms with Gasteiger partial charge in [0, 0.05) is 17.7 Å². The van der Waals surface area contributed by atoms with Crippen molar-refractivity contribution in [3.63, 3.8) is 0 Å². The summed E-state index contributed by atoms with van der Waals surface area (Å²) in [5.74, 6) is -0.121. The predicted octanol–water partition coefficient (Wildman–Crippen LogP) is 2.52. The highest BCUT2D eigenvalue weighted by Crippen LogP contribution is 2.24. The minimum absolute atomic E-state index is 0.0463. The summed E-state index contributed by atoms with van der Waals surface area (Å²) in [6.45, 7) is 0.0202. The molecular formula is C21H17FN4O4. The average molecular weight is 408 g/mol. The van der Waals surface area contributed by atoms with Crippen LogP contribution < -0.4 is 15.6 Å². The summed E-state index contributed by atoms with van der Waals surface area (Å²) in [5, 5.41) is 6.77. The number of hydrogen-bond donors (Lipinski definition) is 1. The molecule has 0 saturated carbocycles. The molecule has 1 N–H and O–H groups in total. The van der Waals surface area contributed by atoms with Crippen LogP contribution in [0.15, 0.2) is 64.2 Å². The molecule has 2 aromatic carbocycles. The molecule has 0 saturated heterocycles. The number of fused-ring (bicyclic) bond motifs is 1. The molecule has 1 amide bonds. The molecule has 0 aliphatic rings. The van der Waals surface area contributed by atoms with E-state index in [0.717, 1.165) is 5.56 Å². The maximum Gasteiger partial charge on any atom is 0.267 e. The molecule has 2 aromatic heterocycles. The zero-order valence-electron chi connectivity index (χ0n) is 16.0. The van der Waals surface area contributed by atoms with Gasteiger partial charge < -0.3 is 14.6 Å². The number of ether oxygens (including phenoxy) is 1. The molecule has 4 rings (SSSR count). The average Bonchev–Trinajstić information content (AvgIpc) is 3.20. The fourth-order valence-corrected chi connectivity index (χ4v) is 3.05. The van der Waals surface area contributed by atoms with Gasteiger partial charge in [0.1, 0.15) is 35.5 Å². The Labute approximate surface area is 169 Å². The minimum Gasteiger partial charge on any atom is -0.496 e. The SMILES string of the molecule is COc1ccccc1CNC(=O)Cn1cnc2onc(-c3ccc(F)cc3)c2c1=O. The lowest BCUT2D eigenvalue weighted by atomic mass is 10.1. The number of rotatable bonds is 6. The van der Waals surface area contributed by atoms with E-state index in [1.165, 1.54) is 35.2 Å². The lowest BCUT2D eigenvalue weighted by molar-refractivity contribution is -0.121. The molecule has 0 spiro atoms. The zero-order chi connectivity index (χ0) is 21.1. The first-order valence-electron chi connectivity index (χ1n) is 9.06. The lowest BCUT2D eigenvalue weighted by Gasteiger charge is -2.10. The van der Waals surface area contributed by atoms with Crippen LogP contribution in [0.4, 0.5) is 4.39 Å². The Bertz CT molecular complexity index is 1260. The third-order valence-electron chi connectivity index (χ3n) is 4.56. The van der Waals surface area contributed by atoms with E-state index >= 15 is 0 Å². The highest BCUT2D eigenvalue weighted by atomic mass is 19.1. The summed E-state index contributed by atoms with van der Waals surface area (Å²) in [6.07, 6.45) is 1.23. The van der Waals surface area contributed by atoms with Gasteiger partial charge in [-0.25, -0.2) is 9.37 Å². The molecule has 2 heterocycles. The number of benzene rings is 2. The van der Waals surface area contributed by atoms with E-state index < -0.39 is 11.4 Å². The van der Waals surface area contributed by atoms with Gasteiger partial charge in [0.2, 0.25) is 5.91 Å². The molecule has 30 heavy (non-hydrogen) atoms. The number of halogens is 1. The number of carbonyl (C=O) groups is 1. The van der Waals surface area contributed by atoms with Crippen molar-refractivity contribution >= 4 is 17.0 Å². The van der Waals surface area contributed by atoms with Crippen LogP contribution in [0.2, 0.25) is 0 Å². The van der Waals surface area contributed by atoms with E-state index in [2.05, 4.69) is 15.5 Å². The van der Waals surface area contributed by atoms with Gasteiger partial charge in [-0.1, -0.05) is 23.4 Å². The number of aromatic nitrogens is 3. The van der Waals surface area contributed by atoms with E-state index in [0.29, 0.717) is 11.3 Å². The summed E-state index contributed by atoms with van der Waals surface area (Å²) in [7, 11) is 1.55. The molecule has 0 radical (unpaired) electrons. The van der Waals surface area contributed by atoms with Gasteiger partial charge in [0.15, 0.2) is 0 Å². The van der Waals surface area contributed by atoms with Crippen molar-refractivity contribution in [1.82, 2.24) is 20.0 Å². The second-order valence-electron chi connectivity index (χ2n) is 6.48. The van der Waals surface area contributed by atoms with Gasteiger partial charge in [0.25, 0.3) is 11.3 Å². The second-order valence-corrected chi connectivity index (χ2v) is 6.48. The van der Waals surface area contributed by atoms with Crippen molar-refractivity contribution < 1.29 is 18.4 Å². The molecule has 152 valence electrons. The van der Waals surface area contributed by atoms with Gasteiger partial charge in [-0.15, -0.1) is 0 Å². The maximum absolute atomic E-state index is 13.2. The van der Waals surface area contributed by atoms with E-state index in [9.17, 15) is 14.0 Å². The van der Waals surface area contributed by atoms with Crippen LogP contribution in [0.3, 0.4) is 0 Å². The third-order valence-corrected chi connectivity index (χ3v) is 4.56. The number of nitrogens with one attached hydrogen (secondary N) is 1. The number of hydrogen-bond acceptors (Lipinski definition) is 6. The molecule has 0 aliphatic heterocycles. The van der Waals surface area contributed by atoms with E-state index in [1.54, 1.807) is 13.2 Å². The number of amides is 1. The summed E-state index contributed by atoms with van der Waals surface area (Å²) in [6, 6.07) is 12.8. The van der Waals surface area contributed by atoms with Crippen molar-refractivity contribution in [3.8, 4) is 17.0 Å². The largest absolute Gasteiger partial charge is 0.496 e. The van der Waals surface area contributed by atoms with Crippen molar-refractivity contribution in [1.29, 1.82) is 0 Å². The maximum atomic E-state index is 13.2. The number of carbonyl (C=O) groups excluding carboxylic acids is 1. The van der Waals surface area contributed by atoms with E-state index in [-0.39, 0.29) is 35.8 Å². The Hall–Kier alpha value is -4.01. The second kappa shape index (κ2) is 8.16. The highest BCUT2D eigenvalue weighted by Gasteiger charge is 2.18. The molecule has 4 aromatic rings. The van der Waals surface area contributed by atoms with Gasteiger partial charge in [-0.3, -0.25) is 14.2 Å². The number of nitrogens with zero attached hydrogens (tertiary/aromatic N) is 3. The van der Waals surface area contributed by atoms with Gasteiger partial charge in [-0.2, -0.15) is 0 Å². The topological polar surface area (TPSA) is 99.2 Å². The smallest absolute Gasteiger partial charge is 0.267 e. The summed E-state index contributed by atoms with van der Waals surface area (Å²) in [5.41, 5.74) is 1.13. The summed E-state index contributed by atoms with van der Waals surface area (Å²) in [4.78, 5) is 29.4. The molecule has 0 fully saturated rings. The first kappa shape index (κ1) is 19.3. The van der Waals surface area contributed by atoms with Gasteiger partial charge >= 0.3 is 0 Å². The van der Waals surface area contributed by atoms with Crippen molar-refractivity contribution in [2.75, 3.05) is 7.11 Å². The third kappa shape index (κ3) is 3.77. The Morgan fingerprint density at radius 2 is 1.97 bits per heavy atom. The standard InChI is InChI=1S/C21H17FN4O4/c1-29-16-5-3-2-4-14(16)10-23-17(27)11-26-12-24-20-18(21(26)28)19(25-30-20)13-6-8-15(22)9-7-13/h2-9,12H,10-11H2,1H3,(H,23,27). The first-order valence-corrected chi connectivity index (χ1v) is 9.06. The monoisotopic (exact) mass is 408 g/mol. The normalized spacial score (nSPS) is 10.9.